The number of nitriles is 1. The Balaban J connectivity index is 1.38. The van der Waals surface area contributed by atoms with Crippen LogP contribution in [0.4, 0.5) is 5.82 Å². The van der Waals surface area contributed by atoms with Crippen LogP contribution >= 0.6 is 24.0 Å². The van der Waals surface area contributed by atoms with E-state index in [1.165, 1.54) is 0 Å². The fraction of sp³-hybridized carbons (Fsp3) is 0.269. The first kappa shape index (κ1) is 22.3. The standard InChI is InChI=1S/C26H26N4S2/c27-21-26(22-9-3-1-4-10-22,23-11-5-2-6-12-23)14-20-32-25(31)30-18-16-29(17-19-30)24-13-7-8-15-28-24/h1-13,15H,14,16-20H2. The van der Waals surface area contributed by atoms with Crippen molar-refractivity contribution in [2.24, 2.45) is 0 Å². The molecular formula is C26H26N4S2. The third-order valence-corrected chi connectivity index (χ3v) is 7.46. The van der Waals surface area contributed by atoms with Gasteiger partial charge in [0, 0.05) is 38.1 Å². The summed E-state index contributed by atoms with van der Waals surface area (Å²) in [5, 5.41) is 10.3. The van der Waals surface area contributed by atoms with Crippen LogP contribution in [-0.4, -0.2) is 46.1 Å². The Morgan fingerprint density at radius 2 is 1.50 bits per heavy atom. The van der Waals surface area contributed by atoms with Crippen LogP contribution in [-0.2, 0) is 5.41 Å². The predicted octanol–water partition coefficient (Wildman–Crippen LogP) is 5.12. The highest BCUT2D eigenvalue weighted by Crippen LogP contribution is 2.36. The van der Waals surface area contributed by atoms with E-state index >= 15 is 0 Å². The van der Waals surface area contributed by atoms with E-state index in [9.17, 15) is 5.26 Å². The van der Waals surface area contributed by atoms with E-state index < -0.39 is 5.41 Å². The highest BCUT2D eigenvalue weighted by molar-refractivity contribution is 8.22. The highest BCUT2D eigenvalue weighted by atomic mass is 32.2. The van der Waals surface area contributed by atoms with Crippen LogP contribution < -0.4 is 4.90 Å². The molecule has 0 amide bonds. The minimum atomic E-state index is -0.678. The molecule has 0 atom stereocenters. The first-order chi connectivity index (χ1) is 15.7. The summed E-state index contributed by atoms with van der Waals surface area (Å²) in [7, 11) is 0. The number of thiocarbonyl (C=S) groups is 1. The minimum absolute atomic E-state index is 0.678. The lowest BCUT2D eigenvalue weighted by atomic mass is 9.74. The molecule has 0 saturated carbocycles. The monoisotopic (exact) mass is 458 g/mol. The summed E-state index contributed by atoms with van der Waals surface area (Å²) >= 11 is 7.44. The molecule has 2 aromatic carbocycles. The maximum Gasteiger partial charge on any atom is 0.136 e. The van der Waals surface area contributed by atoms with E-state index in [1.807, 2.05) is 54.7 Å². The summed E-state index contributed by atoms with van der Waals surface area (Å²) in [5.41, 5.74) is 1.39. The van der Waals surface area contributed by atoms with Crippen LogP contribution in [0.2, 0.25) is 0 Å². The zero-order valence-electron chi connectivity index (χ0n) is 17.9. The fourth-order valence-electron chi connectivity index (χ4n) is 4.13. The molecule has 6 heteroatoms. The van der Waals surface area contributed by atoms with Crippen LogP contribution in [0.3, 0.4) is 0 Å². The highest BCUT2D eigenvalue weighted by Gasteiger charge is 2.34. The molecule has 1 saturated heterocycles. The lowest BCUT2D eigenvalue weighted by molar-refractivity contribution is 0.396. The molecule has 32 heavy (non-hydrogen) atoms. The van der Waals surface area contributed by atoms with Crippen molar-refractivity contribution in [1.82, 2.24) is 9.88 Å². The lowest BCUT2D eigenvalue weighted by Crippen LogP contribution is -2.48. The summed E-state index contributed by atoms with van der Waals surface area (Å²) < 4.78 is 0.915. The number of pyridine rings is 1. The Hall–Kier alpha value is -2.88. The molecule has 0 N–H and O–H groups in total. The third kappa shape index (κ3) is 4.95. The van der Waals surface area contributed by atoms with Crippen molar-refractivity contribution in [3.63, 3.8) is 0 Å². The second-order valence-electron chi connectivity index (χ2n) is 7.78. The van der Waals surface area contributed by atoms with Crippen molar-refractivity contribution in [1.29, 1.82) is 5.26 Å². The first-order valence-electron chi connectivity index (χ1n) is 10.8. The Bertz CT molecular complexity index is 1000. The van der Waals surface area contributed by atoms with E-state index in [1.54, 1.807) is 11.8 Å². The van der Waals surface area contributed by atoms with Crippen LogP contribution in [0.1, 0.15) is 17.5 Å². The molecule has 1 aliphatic rings. The molecule has 4 nitrogen and oxygen atoms in total. The average molecular weight is 459 g/mol. The van der Waals surface area contributed by atoms with Crippen LogP contribution in [0, 0.1) is 11.3 Å². The molecule has 0 unspecified atom stereocenters. The first-order valence-corrected chi connectivity index (χ1v) is 12.2. The zero-order chi connectivity index (χ0) is 22.2. The number of benzene rings is 2. The molecule has 4 rings (SSSR count). The predicted molar refractivity (Wildman–Crippen MR) is 137 cm³/mol. The summed E-state index contributed by atoms with van der Waals surface area (Å²) in [4.78, 5) is 9.03. The summed E-state index contributed by atoms with van der Waals surface area (Å²) in [6.45, 7) is 3.61. The molecule has 0 aliphatic carbocycles. The number of rotatable bonds is 6. The van der Waals surface area contributed by atoms with E-state index in [2.05, 4.69) is 51.2 Å². The average Bonchev–Trinajstić information content (AvgIpc) is 2.88. The SMILES string of the molecule is N#CC(CCSC(=S)N1CCN(c2ccccn2)CC1)(c1ccccc1)c1ccccc1. The van der Waals surface area contributed by atoms with Gasteiger partial charge in [0.15, 0.2) is 0 Å². The van der Waals surface area contributed by atoms with E-state index in [-0.39, 0.29) is 0 Å². The van der Waals surface area contributed by atoms with Gasteiger partial charge in [-0.15, -0.1) is 0 Å². The van der Waals surface area contributed by atoms with Crippen molar-refractivity contribution >= 4 is 34.1 Å². The van der Waals surface area contributed by atoms with Gasteiger partial charge >= 0.3 is 0 Å². The van der Waals surface area contributed by atoms with Crippen molar-refractivity contribution in [2.75, 3.05) is 36.8 Å². The lowest BCUT2D eigenvalue weighted by Gasteiger charge is -2.36. The van der Waals surface area contributed by atoms with Gasteiger partial charge in [0.25, 0.3) is 0 Å². The Labute approximate surface area is 199 Å². The van der Waals surface area contributed by atoms with Gasteiger partial charge in [-0.1, -0.05) is 90.7 Å². The quantitative estimate of drug-likeness (QED) is 0.478. The topological polar surface area (TPSA) is 43.2 Å². The number of piperazine rings is 1. The summed E-state index contributed by atoms with van der Waals surface area (Å²) in [5.74, 6) is 1.81. The van der Waals surface area contributed by atoms with E-state index in [0.717, 1.165) is 53.2 Å². The Morgan fingerprint density at radius 3 is 2.03 bits per heavy atom. The smallest absolute Gasteiger partial charge is 0.136 e. The van der Waals surface area contributed by atoms with Gasteiger partial charge in [-0.05, 0) is 29.7 Å². The van der Waals surface area contributed by atoms with E-state index in [0.29, 0.717) is 6.42 Å². The molecular weight excluding hydrogens is 432 g/mol. The molecule has 162 valence electrons. The van der Waals surface area contributed by atoms with Gasteiger partial charge in [0.1, 0.15) is 15.6 Å². The second kappa shape index (κ2) is 10.6. The van der Waals surface area contributed by atoms with Crippen molar-refractivity contribution in [2.45, 2.75) is 11.8 Å². The molecule has 3 aromatic rings. The third-order valence-electron chi connectivity index (χ3n) is 5.94. The number of nitrogens with zero attached hydrogens (tertiary/aromatic N) is 4. The summed E-state index contributed by atoms with van der Waals surface area (Å²) in [6, 6.07) is 28.9. The number of thioether (sulfide) groups is 1. The van der Waals surface area contributed by atoms with Gasteiger partial charge in [-0.3, -0.25) is 0 Å². The number of aromatic nitrogens is 1. The Kier molecular flexibility index (Phi) is 7.41. The molecule has 0 radical (unpaired) electrons. The number of anilines is 1. The van der Waals surface area contributed by atoms with Gasteiger partial charge in [-0.2, -0.15) is 5.26 Å². The summed E-state index contributed by atoms with van der Waals surface area (Å²) in [6.07, 6.45) is 2.54. The maximum atomic E-state index is 10.3. The molecule has 2 heterocycles. The largest absolute Gasteiger partial charge is 0.354 e. The molecule has 0 spiro atoms. The van der Waals surface area contributed by atoms with Crippen molar-refractivity contribution < 1.29 is 0 Å². The van der Waals surface area contributed by atoms with Gasteiger partial charge < -0.3 is 9.80 Å². The van der Waals surface area contributed by atoms with E-state index in [4.69, 9.17) is 12.2 Å². The van der Waals surface area contributed by atoms with Crippen molar-refractivity contribution in [3.8, 4) is 6.07 Å². The molecule has 1 aliphatic heterocycles. The number of hydrogen-bond donors (Lipinski definition) is 0. The zero-order valence-corrected chi connectivity index (χ0v) is 19.6. The van der Waals surface area contributed by atoms with Crippen LogP contribution in [0.15, 0.2) is 85.1 Å². The second-order valence-corrected chi connectivity index (χ2v) is 9.50. The molecule has 1 fully saturated rings. The molecule has 1 aromatic heterocycles. The minimum Gasteiger partial charge on any atom is -0.354 e. The normalized spacial score (nSPS) is 14.1. The van der Waals surface area contributed by atoms with Gasteiger partial charge in [0.2, 0.25) is 0 Å². The molecule has 0 bridgehead atoms. The Morgan fingerprint density at radius 1 is 0.906 bits per heavy atom. The van der Waals surface area contributed by atoms with Crippen molar-refractivity contribution in [3.05, 3.63) is 96.2 Å². The number of hydrogen-bond acceptors (Lipinski definition) is 5. The van der Waals surface area contributed by atoms with Gasteiger partial charge in [-0.25, -0.2) is 4.98 Å². The van der Waals surface area contributed by atoms with Crippen LogP contribution in [0.25, 0.3) is 0 Å². The fourth-order valence-corrected chi connectivity index (χ4v) is 5.51. The van der Waals surface area contributed by atoms with Crippen LogP contribution in [0.5, 0.6) is 0 Å². The van der Waals surface area contributed by atoms with Gasteiger partial charge in [0.05, 0.1) is 6.07 Å². The maximum absolute atomic E-state index is 10.3.